The molecule has 0 spiro atoms. The Morgan fingerprint density at radius 2 is 1.84 bits per heavy atom. The van der Waals surface area contributed by atoms with Gasteiger partial charge in [0.25, 0.3) is 5.91 Å². The number of aromatic nitrogens is 1. The molecule has 1 heterocycles. The number of hydrogen-bond acceptors (Lipinski definition) is 5. The third-order valence-corrected chi connectivity index (χ3v) is 6.22. The minimum absolute atomic E-state index is 0.00472. The van der Waals surface area contributed by atoms with Gasteiger partial charge in [0.15, 0.2) is 0 Å². The first-order valence-electron chi connectivity index (χ1n) is 10.4. The van der Waals surface area contributed by atoms with Gasteiger partial charge in [0.1, 0.15) is 0 Å². The van der Waals surface area contributed by atoms with E-state index in [1.807, 2.05) is 50.2 Å². The average molecular weight is 449 g/mol. The van der Waals surface area contributed by atoms with Gasteiger partial charge < -0.3 is 10.6 Å². The number of anilines is 1. The molecule has 3 aromatic rings. The summed E-state index contributed by atoms with van der Waals surface area (Å²) in [5.74, 6) is -0.586. The fourth-order valence-electron chi connectivity index (χ4n) is 3.25. The van der Waals surface area contributed by atoms with Crippen LogP contribution in [0.15, 0.2) is 53.6 Å². The van der Waals surface area contributed by atoms with Crippen molar-refractivity contribution in [2.45, 2.75) is 37.8 Å². The van der Waals surface area contributed by atoms with E-state index in [-0.39, 0.29) is 17.7 Å². The average Bonchev–Trinajstić information content (AvgIpc) is 3.59. The van der Waals surface area contributed by atoms with Gasteiger partial charge in [-0.2, -0.15) is 0 Å². The molecule has 1 aromatic heterocycles. The van der Waals surface area contributed by atoms with Crippen molar-refractivity contribution in [1.29, 1.82) is 0 Å². The number of para-hydroxylation sites is 1. The normalized spacial score (nSPS) is 12.9. The summed E-state index contributed by atoms with van der Waals surface area (Å²) in [6.45, 7) is 3.86. The molecule has 0 bridgehead atoms. The van der Waals surface area contributed by atoms with Gasteiger partial charge in [-0.05, 0) is 56.0 Å². The number of benzene rings is 2. The number of hydrogen-bond donors (Lipinski definition) is 3. The van der Waals surface area contributed by atoms with Crippen LogP contribution in [-0.2, 0) is 4.79 Å². The van der Waals surface area contributed by atoms with Crippen LogP contribution in [0, 0.1) is 13.8 Å². The van der Waals surface area contributed by atoms with E-state index < -0.39 is 11.9 Å². The predicted molar refractivity (Wildman–Crippen MR) is 126 cm³/mol. The first-order chi connectivity index (χ1) is 15.4. The van der Waals surface area contributed by atoms with Crippen molar-refractivity contribution >= 4 is 46.2 Å². The number of fused-ring (bicyclic) bond motifs is 1. The van der Waals surface area contributed by atoms with E-state index in [1.54, 1.807) is 12.1 Å². The maximum atomic E-state index is 12.7. The van der Waals surface area contributed by atoms with Gasteiger partial charge in [-0.1, -0.05) is 42.1 Å². The van der Waals surface area contributed by atoms with Crippen LogP contribution in [0.25, 0.3) is 10.9 Å². The molecule has 1 saturated carbocycles. The number of carbonyl (C=O) groups is 3. The molecule has 0 radical (unpaired) electrons. The van der Waals surface area contributed by atoms with Crippen LogP contribution in [0.5, 0.6) is 0 Å². The van der Waals surface area contributed by atoms with Crippen LogP contribution >= 0.6 is 11.8 Å². The second kappa shape index (κ2) is 9.40. The van der Waals surface area contributed by atoms with E-state index in [4.69, 9.17) is 0 Å². The number of pyridine rings is 1. The Labute approximate surface area is 190 Å². The zero-order valence-corrected chi connectivity index (χ0v) is 18.7. The maximum Gasteiger partial charge on any atom is 0.325 e. The fourth-order valence-corrected chi connectivity index (χ4v) is 3.96. The van der Waals surface area contributed by atoms with Crippen LogP contribution in [0.4, 0.5) is 10.5 Å². The van der Waals surface area contributed by atoms with Crippen LogP contribution in [0.3, 0.4) is 0 Å². The fraction of sp³-hybridized carbons (Fsp3) is 0.250. The Kier molecular flexibility index (Phi) is 6.41. The molecule has 0 saturated heterocycles. The summed E-state index contributed by atoms with van der Waals surface area (Å²) < 4.78 is 0. The monoisotopic (exact) mass is 448 g/mol. The highest BCUT2D eigenvalue weighted by Gasteiger charge is 2.25. The molecule has 3 N–H and O–H groups in total. The van der Waals surface area contributed by atoms with E-state index in [0.717, 1.165) is 29.4 Å². The Morgan fingerprint density at radius 1 is 1.06 bits per heavy atom. The number of urea groups is 1. The number of rotatable bonds is 6. The Bertz CT molecular complexity index is 1210. The van der Waals surface area contributed by atoms with Gasteiger partial charge in [0, 0.05) is 17.1 Å². The van der Waals surface area contributed by atoms with Gasteiger partial charge in [0.05, 0.1) is 21.9 Å². The van der Waals surface area contributed by atoms with Gasteiger partial charge in [0.2, 0.25) is 5.91 Å². The number of amides is 4. The molecule has 2 aromatic carbocycles. The molecule has 164 valence electrons. The van der Waals surface area contributed by atoms with E-state index >= 15 is 0 Å². The molecular formula is C24H24N4O3S. The molecule has 0 unspecified atom stereocenters. The molecule has 4 amide bonds. The summed E-state index contributed by atoms with van der Waals surface area (Å²) in [5.41, 5.74) is 3.88. The lowest BCUT2D eigenvalue weighted by Gasteiger charge is -2.11. The molecule has 1 aliphatic carbocycles. The van der Waals surface area contributed by atoms with Crippen molar-refractivity contribution in [2.24, 2.45) is 0 Å². The predicted octanol–water partition coefficient (Wildman–Crippen LogP) is 4.18. The largest absolute Gasteiger partial charge is 0.349 e. The van der Waals surface area contributed by atoms with E-state index in [2.05, 4.69) is 20.9 Å². The van der Waals surface area contributed by atoms with Gasteiger partial charge in [-0.3, -0.25) is 14.9 Å². The number of nitrogens with one attached hydrogen (secondary N) is 3. The van der Waals surface area contributed by atoms with Crippen molar-refractivity contribution in [3.8, 4) is 0 Å². The summed E-state index contributed by atoms with van der Waals surface area (Å²) in [6, 6.07) is 14.4. The molecule has 4 rings (SSSR count). The first-order valence-corrected chi connectivity index (χ1v) is 11.4. The summed E-state index contributed by atoms with van der Waals surface area (Å²) in [5, 5.41) is 9.37. The molecule has 0 atom stereocenters. The van der Waals surface area contributed by atoms with E-state index in [0.29, 0.717) is 21.8 Å². The second-order valence-electron chi connectivity index (χ2n) is 7.81. The van der Waals surface area contributed by atoms with Crippen molar-refractivity contribution < 1.29 is 14.4 Å². The van der Waals surface area contributed by atoms with Crippen LogP contribution in [0.1, 0.15) is 34.3 Å². The number of imide groups is 1. The second-order valence-corrected chi connectivity index (χ2v) is 8.81. The summed E-state index contributed by atoms with van der Waals surface area (Å²) in [7, 11) is 0. The molecule has 8 heteroatoms. The zero-order valence-electron chi connectivity index (χ0n) is 17.9. The summed E-state index contributed by atoms with van der Waals surface area (Å²) >= 11 is 1.18. The first kappa shape index (κ1) is 21.8. The summed E-state index contributed by atoms with van der Waals surface area (Å²) in [6.07, 6.45) is 2.00. The minimum atomic E-state index is -0.583. The zero-order chi connectivity index (χ0) is 22.7. The van der Waals surface area contributed by atoms with E-state index in [1.165, 1.54) is 11.8 Å². The highest BCUT2D eigenvalue weighted by molar-refractivity contribution is 7.99. The van der Waals surface area contributed by atoms with Gasteiger partial charge >= 0.3 is 6.03 Å². The summed E-state index contributed by atoms with van der Waals surface area (Å²) in [4.78, 5) is 41.8. The SMILES string of the molecule is Cc1cccc(NC(=O)NC(=O)CSc2cc(C(=O)NC3CC3)c3ccccc3n2)c1C. The minimum Gasteiger partial charge on any atom is -0.349 e. The van der Waals surface area contributed by atoms with Crippen LogP contribution < -0.4 is 16.0 Å². The molecule has 7 nitrogen and oxygen atoms in total. The molecule has 0 aliphatic heterocycles. The van der Waals surface area contributed by atoms with E-state index in [9.17, 15) is 14.4 Å². The highest BCUT2D eigenvalue weighted by atomic mass is 32.2. The van der Waals surface area contributed by atoms with Crippen molar-refractivity contribution in [3.05, 3.63) is 65.2 Å². The third-order valence-electron chi connectivity index (χ3n) is 5.31. The number of carbonyl (C=O) groups excluding carboxylic acids is 3. The van der Waals surface area contributed by atoms with Gasteiger partial charge in [-0.25, -0.2) is 9.78 Å². The molecule has 32 heavy (non-hydrogen) atoms. The van der Waals surface area contributed by atoms with Crippen LogP contribution in [-0.4, -0.2) is 34.6 Å². The Balaban J connectivity index is 1.41. The Hall–Kier alpha value is -3.39. The lowest BCUT2D eigenvalue weighted by molar-refractivity contribution is -0.117. The Morgan fingerprint density at radius 3 is 2.62 bits per heavy atom. The van der Waals surface area contributed by atoms with Gasteiger partial charge in [-0.15, -0.1) is 0 Å². The topological polar surface area (TPSA) is 100 Å². The number of aryl methyl sites for hydroxylation is 1. The highest BCUT2D eigenvalue weighted by Crippen LogP contribution is 2.26. The number of thioether (sulfide) groups is 1. The van der Waals surface area contributed by atoms with Crippen LogP contribution in [0.2, 0.25) is 0 Å². The number of nitrogens with zero attached hydrogens (tertiary/aromatic N) is 1. The lowest BCUT2D eigenvalue weighted by atomic mass is 10.1. The molecule has 1 aliphatic rings. The quantitative estimate of drug-likeness (QED) is 0.491. The van der Waals surface area contributed by atoms with Crippen molar-refractivity contribution in [1.82, 2.24) is 15.6 Å². The molecule has 1 fully saturated rings. The van der Waals surface area contributed by atoms with Crippen molar-refractivity contribution in [3.63, 3.8) is 0 Å². The third kappa shape index (κ3) is 5.26. The lowest BCUT2D eigenvalue weighted by Crippen LogP contribution is -2.35. The smallest absolute Gasteiger partial charge is 0.325 e. The maximum absolute atomic E-state index is 12.7. The molecular weight excluding hydrogens is 424 g/mol. The van der Waals surface area contributed by atoms with Crippen molar-refractivity contribution in [2.75, 3.05) is 11.1 Å². The standard InChI is InChI=1S/C24H24N4O3S/c1-14-6-5-9-19(15(14)2)27-24(31)28-21(29)13-32-22-12-18(23(30)25-16-10-11-16)17-7-3-4-8-20(17)26-22/h3-9,12,16H,10-11,13H2,1-2H3,(H,25,30)(H2,27,28,29,31).